The SMILES string of the molecule is C1=CC(C2NC(c3ccccc3)NC(c3cccc(-n4c5ccccc5c5cc(-c6cccc7c6oc6c(-c8ccccc8)cccc67)ccc54)c3)N2)=CCC1. The number of para-hydroxylation sites is 3. The lowest BCUT2D eigenvalue weighted by atomic mass is 9.99. The average Bonchev–Trinajstić information content (AvgIpc) is 3.83. The Morgan fingerprint density at radius 3 is 1.86 bits per heavy atom. The minimum Gasteiger partial charge on any atom is -0.455 e. The number of furan rings is 1. The Balaban J connectivity index is 1.01. The average molecular weight is 725 g/mol. The molecule has 11 rings (SSSR count). The van der Waals surface area contributed by atoms with Gasteiger partial charge in [0, 0.05) is 38.4 Å². The molecule has 1 saturated heterocycles. The van der Waals surface area contributed by atoms with Gasteiger partial charge in [-0.05, 0) is 71.0 Å². The minimum absolute atomic E-state index is 0.0134. The summed E-state index contributed by atoms with van der Waals surface area (Å²) < 4.78 is 9.23. The van der Waals surface area contributed by atoms with Gasteiger partial charge in [0.1, 0.15) is 11.2 Å². The van der Waals surface area contributed by atoms with Crippen LogP contribution < -0.4 is 16.0 Å². The summed E-state index contributed by atoms with van der Waals surface area (Å²) in [5.74, 6) is 0. The van der Waals surface area contributed by atoms with Crippen molar-refractivity contribution in [1.29, 1.82) is 0 Å². The van der Waals surface area contributed by atoms with Gasteiger partial charge in [0.25, 0.3) is 0 Å². The van der Waals surface area contributed by atoms with Crippen molar-refractivity contribution in [2.45, 2.75) is 31.3 Å². The summed E-state index contributed by atoms with van der Waals surface area (Å²) >= 11 is 0. The second kappa shape index (κ2) is 13.7. The number of aromatic nitrogens is 1. The molecule has 270 valence electrons. The Hall–Kier alpha value is -6.50. The Morgan fingerprint density at radius 2 is 1.09 bits per heavy atom. The van der Waals surface area contributed by atoms with Crippen LogP contribution in [0.4, 0.5) is 0 Å². The lowest BCUT2D eigenvalue weighted by Gasteiger charge is -2.40. The quantitative estimate of drug-likeness (QED) is 0.160. The highest BCUT2D eigenvalue weighted by Crippen LogP contribution is 2.42. The van der Waals surface area contributed by atoms with E-state index in [4.69, 9.17) is 4.42 Å². The van der Waals surface area contributed by atoms with Crippen molar-refractivity contribution in [3.8, 4) is 27.9 Å². The first-order valence-electron chi connectivity index (χ1n) is 19.6. The summed E-state index contributed by atoms with van der Waals surface area (Å²) in [5.41, 5.74) is 13.5. The molecule has 5 heteroatoms. The molecule has 3 heterocycles. The zero-order chi connectivity index (χ0) is 37.0. The fourth-order valence-corrected chi connectivity index (χ4v) is 8.87. The van der Waals surface area contributed by atoms with Crippen LogP contribution >= 0.6 is 0 Å². The molecule has 5 nitrogen and oxygen atoms in total. The number of rotatable bonds is 6. The van der Waals surface area contributed by atoms with Crippen LogP contribution in [0.15, 0.2) is 192 Å². The minimum atomic E-state index is -0.0750. The first-order chi connectivity index (χ1) is 27.8. The standard InChI is InChI=1S/C51H40N4O/c1-4-15-33(16-5-1)39-24-13-26-42-43-27-14-25-40(48(43)56-47(39)42)36-29-30-46-44(32-36)41-23-10-11-28-45(41)55(46)38-22-12-21-37(31-38)51-53-49(34-17-6-2-7-18-34)52-50(54-51)35-19-8-3-9-20-35/h1-2,4-8,10-32,49-54H,3,9H2. The predicted molar refractivity (Wildman–Crippen MR) is 231 cm³/mol. The number of benzene rings is 7. The molecular weight excluding hydrogens is 685 g/mol. The largest absolute Gasteiger partial charge is 0.455 e. The second-order valence-electron chi connectivity index (χ2n) is 14.9. The molecule has 9 aromatic rings. The zero-order valence-corrected chi connectivity index (χ0v) is 30.8. The van der Waals surface area contributed by atoms with Crippen molar-refractivity contribution >= 4 is 43.7 Å². The van der Waals surface area contributed by atoms with Crippen molar-refractivity contribution in [3.63, 3.8) is 0 Å². The monoisotopic (exact) mass is 724 g/mol. The van der Waals surface area contributed by atoms with Gasteiger partial charge < -0.3 is 8.98 Å². The van der Waals surface area contributed by atoms with E-state index in [1.54, 1.807) is 0 Å². The molecule has 1 aliphatic heterocycles. The summed E-state index contributed by atoms with van der Waals surface area (Å²) in [4.78, 5) is 0. The molecular formula is C51H40N4O. The smallest absolute Gasteiger partial charge is 0.143 e. The van der Waals surface area contributed by atoms with E-state index in [0.29, 0.717) is 0 Å². The van der Waals surface area contributed by atoms with Gasteiger partial charge in [-0.25, -0.2) is 0 Å². The summed E-state index contributed by atoms with van der Waals surface area (Å²) in [7, 11) is 0. The van der Waals surface area contributed by atoms with Crippen LogP contribution in [-0.4, -0.2) is 10.7 Å². The van der Waals surface area contributed by atoms with Crippen LogP contribution in [0, 0.1) is 0 Å². The lowest BCUT2D eigenvalue weighted by molar-refractivity contribution is 0.224. The van der Waals surface area contributed by atoms with Gasteiger partial charge in [0.05, 0.1) is 29.5 Å². The summed E-state index contributed by atoms with van der Waals surface area (Å²) in [6, 6.07) is 58.7. The summed E-state index contributed by atoms with van der Waals surface area (Å²) in [5, 5.41) is 16.3. The molecule has 7 aromatic carbocycles. The molecule has 2 aromatic heterocycles. The Morgan fingerprint density at radius 1 is 0.464 bits per heavy atom. The van der Waals surface area contributed by atoms with E-state index in [2.05, 4.69) is 203 Å². The van der Waals surface area contributed by atoms with Gasteiger partial charge in [0.2, 0.25) is 0 Å². The summed E-state index contributed by atoms with van der Waals surface area (Å²) in [6.45, 7) is 0. The van der Waals surface area contributed by atoms with Crippen LogP contribution in [0.25, 0.3) is 71.7 Å². The van der Waals surface area contributed by atoms with Crippen molar-refractivity contribution in [2.75, 3.05) is 0 Å². The number of hydrogen-bond acceptors (Lipinski definition) is 4. The molecule has 3 N–H and O–H groups in total. The van der Waals surface area contributed by atoms with Crippen LogP contribution in [-0.2, 0) is 0 Å². The number of nitrogens with one attached hydrogen (secondary N) is 3. The zero-order valence-electron chi connectivity index (χ0n) is 30.8. The number of hydrogen-bond donors (Lipinski definition) is 3. The van der Waals surface area contributed by atoms with Crippen LogP contribution in [0.2, 0.25) is 0 Å². The molecule has 1 aliphatic carbocycles. The van der Waals surface area contributed by atoms with E-state index < -0.39 is 0 Å². The molecule has 0 bridgehead atoms. The molecule has 0 radical (unpaired) electrons. The van der Waals surface area contributed by atoms with E-state index in [0.717, 1.165) is 62.7 Å². The summed E-state index contributed by atoms with van der Waals surface area (Å²) in [6.07, 6.45) is 8.97. The highest BCUT2D eigenvalue weighted by molar-refractivity contribution is 6.15. The molecule has 0 saturated carbocycles. The molecule has 0 amide bonds. The van der Waals surface area contributed by atoms with E-state index in [-0.39, 0.29) is 18.5 Å². The third-order valence-electron chi connectivity index (χ3n) is 11.5. The van der Waals surface area contributed by atoms with E-state index >= 15 is 0 Å². The topological polar surface area (TPSA) is 54.2 Å². The van der Waals surface area contributed by atoms with E-state index in [1.807, 2.05) is 0 Å². The predicted octanol–water partition coefficient (Wildman–Crippen LogP) is 12.1. The van der Waals surface area contributed by atoms with Crippen LogP contribution in [0.5, 0.6) is 0 Å². The second-order valence-corrected chi connectivity index (χ2v) is 14.9. The number of allylic oxidation sites excluding steroid dienone is 2. The van der Waals surface area contributed by atoms with Crippen molar-refractivity contribution in [3.05, 3.63) is 199 Å². The van der Waals surface area contributed by atoms with Crippen LogP contribution in [0.3, 0.4) is 0 Å². The Labute approximate surface area is 325 Å². The first kappa shape index (κ1) is 32.9. The molecule has 1 fully saturated rings. The van der Waals surface area contributed by atoms with Crippen LogP contribution in [0.1, 0.15) is 36.3 Å². The van der Waals surface area contributed by atoms with Gasteiger partial charge in [0.15, 0.2) is 0 Å². The molecule has 3 atom stereocenters. The van der Waals surface area contributed by atoms with Crippen molar-refractivity contribution in [2.24, 2.45) is 0 Å². The maximum atomic E-state index is 6.82. The molecule has 0 spiro atoms. The fourth-order valence-electron chi connectivity index (χ4n) is 8.87. The van der Waals surface area contributed by atoms with Gasteiger partial charge in [-0.1, -0.05) is 152 Å². The molecule has 56 heavy (non-hydrogen) atoms. The van der Waals surface area contributed by atoms with Crippen molar-refractivity contribution in [1.82, 2.24) is 20.5 Å². The normalized spacial score (nSPS) is 18.6. The maximum absolute atomic E-state index is 6.82. The Bertz CT molecular complexity index is 2970. The van der Waals surface area contributed by atoms with Gasteiger partial charge in [-0.15, -0.1) is 0 Å². The third-order valence-corrected chi connectivity index (χ3v) is 11.5. The first-order valence-corrected chi connectivity index (χ1v) is 19.6. The highest BCUT2D eigenvalue weighted by Gasteiger charge is 2.30. The van der Waals surface area contributed by atoms with Crippen molar-refractivity contribution < 1.29 is 4.42 Å². The van der Waals surface area contributed by atoms with E-state index in [9.17, 15) is 0 Å². The third kappa shape index (κ3) is 5.59. The van der Waals surface area contributed by atoms with E-state index in [1.165, 1.54) is 38.5 Å². The molecule has 2 aliphatic rings. The fraction of sp³-hybridized carbons (Fsp3) is 0.0980. The van der Waals surface area contributed by atoms with Gasteiger partial charge >= 0.3 is 0 Å². The number of fused-ring (bicyclic) bond motifs is 6. The highest BCUT2D eigenvalue weighted by atomic mass is 16.3. The lowest BCUT2D eigenvalue weighted by Crippen LogP contribution is -2.59. The maximum Gasteiger partial charge on any atom is 0.143 e. The number of nitrogens with zero attached hydrogens (tertiary/aromatic N) is 1. The Kier molecular flexibility index (Phi) is 8.02. The molecule has 3 unspecified atom stereocenters. The van der Waals surface area contributed by atoms with Gasteiger partial charge in [-0.2, -0.15) is 0 Å². The van der Waals surface area contributed by atoms with Gasteiger partial charge in [-0.3, -0.25) is 16.0 Å².